The average molecular weight is 321 g/mol. The van der Waals surface area contributed by atoms with Crippen molar-refractivity contribution in [3.05, 3.63) is 70.5 Å². The van der Waals surface area contributed by atoms with Crippen molar-refractivity contribution in [2.75, 3.05) is 20.6 Å². The van der Waals surface area contributed by atoms with Crippen molar-refractivity contribution in [3.8, 4) is 0 Å². The van der Waals surface area contributed by atoms with E-state index in [4.69, 9.17) is 11.6 Å². The molecule has 2 aromatic carbocycles. The number of halogens is 2. The molecule has 0 spiro atoms. The lowest BCUT2D eigenvalue weighted by atomic mass is 10.1. The van der Waals surface area contributed by atoms with Gasteiger partial charge in [0.2, 0.25) is 0 Å². The zero-order valence-electron chi connectivity index (χ0n) is 12.5. The van der Waals surface area contributed by atoms with Crippen molar-refractivity contribution in [3.63, 3.8) is 0 Å². The van der Waals surface area contributed by atoms with Crippen molar-refractivity contribution in [1.29, 1.82) is 0 Å². The fourth-order valence-corrected chi connectivity index (χ4v) is 2.39. The summed E-state index contributed by atoms with van der Waals surface area (Å²) in [7, 11) is 3.83. The number of nitrogens with zero attached hydrogens (tertiary/aromatic N) is 1. The van der Waals surface area contributed by atoms with Crippen LogP contribution in [0.5, 0.6) is 0 Å². The quantitative estimate of drug-likeness (QED) is 0.914. The maximum atomic E-state index is 13.0. The minimum absolute atomic E-state index is 0.0382. The highest BCUT2D eigenvalue weighted by atomic mass is 35.5. The molecule has 0 saturated carbocycles. The van der Waals surface area contributed by atoms with Gasteiger partial charge >= 0.3 is 0 Å². The second kappa shape index (κ2) is 7.38. The van der Waals surface area contributed by atoms with Crippen LogP contribution in [-0.4, -0.2) is 31.4 Å². The van der Waals surface area contributed by atoms with Gasteiger partial charge in [0.15, 0.2) is 0 Å². The molecule has 2 aromatic rings. The van der Waals surface area contributed by atoms with Gasteiger partial charge in [0.1, 0.15) is 5.82 Å². The number of carbonyl (C=O) groups is 1. The molecule has 0 radical (unpaired) electrons. The number of hydrogen-bond donors (Lipinski definition) is 1. The molecule has 116 valence electrons. The van der Waals surface area contributed by atoms with E-state index in [0.717, 1.165) is 5.56 Å². The summed E-state index contributed by atoms with van der Waals surface area (Å²) in [5, 5.41) is 3.41. The summed E-state index contributed by atoms with van der Waals surface area (Å²) in [5.41, 5.74) is 1.46. The number of hydrogen-bond acceptors (Lipinski definition) is 2. The summed E-state index contributed by atoms with van der Waals surface area (Å²) in [6, 6.07) is 13.1. The van der Waals surface area contributed by atoms with Crippen LogP contribution in [-0.2, 0) is 0 Å². The van der Waals surface area contributed by atoms with Crippen molar-refractivity contribution in [2.45, 2.75) is 6.04 Å². The van der Waals surface area contributed by atoms with Crippen LogP contribution < -0.4 is 5.32 Å². The highest BCUT2D eigenvalue weighted by molar-refractivity contribution is 6.30. The molecular weight excluding hydrogens is 303 g/mol. The topological polar surface area (TPSA) is 32.3 Å². The van der Waals surface area contributed by atoms with Crippen LogP contribution in [0.2, 0.25) is 5.02 Å². The van der Waals surface area contributed by atoms with E-state index < -0.39 is 0 Å². The van der Waals surface area contributed by atoms with Crippen LogP contribution in [0, 0.1) is 5.82 Å². The Labute approximate surface area is 134 Å². The lowest BCUT2D eigenvalue weighted by Gasteiger charge is -2.25. The average Bonchev–Trinajstić information content (AvgIpc) is 2.48. The van der Waals surface area contributed by atoms with Gasteiger partial charge in [-0.05, 0) is 50.0 Å². The molecule has 0 aliphatic carbocycles. The SMILES string of the molecule is CN(C)[C@H](CNC(=O)c1cccc(Cl)c1)c1ccc(F)cc1. The number of benzene rings is 2. The van der Waals surface area contributed by atoms with Gasteiger partial charge in [-0.3, -0.25) is 4.79 Å². The molecule has 0 heterocycles. The summed E-state index contributed by atoms with van der Waals surface area (Å²) in [5.74, 6) is -0.458. The first-order valence-electron chi connectivity index (χ1n) is 6.93. The third-order valence-corrected chi connectivity index (χ3v) is 3.66. The van der Waals surface area contributed by atoms with Gasteiger partial charge in [-0.15, -0.1) is 0 Å². The number of likely N-dealkylation sites (N-methyl/N-ethyl adjacent to an activating group) is 1. The van der Waals surface area contributed by atoms with E-state index in [9.17, 15) is 9.18 Å². The summed E-state index contributed by atoms with van der Waals surface area (Å²) in [6.07, 6.45) is 0. The summed E-state index contributed by atoms with van der Waals surface area (Å²) >= 11 is 5.89. The summed E-state index contributed by atoms with van der Waals surface area (Å²) in [4.78, 5) is 14.1. The molecule has 1 atom stereocenters. The molecule has 5 heteroatoms. The van der Waals surface area contributed by atoms with Gasteiger partial charge in [0, 0.05) is 17.1 Å². The molecule has 0 fully saturated rings. The Balaban J connectivity index is 2.06. The molecule has 2 rings (SSSR count). The van der Waals surface area contributed by atoms with Crippen LogP contribution in [0.3, 0.4) is 0 Å². The fourth-order valence-electron chi connectivity index (χ4n) is 2.20. The molecule has 0 aromatic heterocycles. The first-order chi connectivity index (χ1) is 10.5. The minimum atomic E-state index is -0.274. The van der Waals surface area contributed by atoms with E-state index in [-0.39, 0.29) is 17.8 Å². The minimum Gasteiger partial charge on any atom is -0.350 e. The van der Waals surface area contributed by atoms with Gasteiger partial charge in [-0.1, -0.05) is 29.8 Å². The third kappa shape index (κ3) is 4.29. The molecule has 1 N–H and O–H groups in total. The van der Waals surface area contributed by atoms with Crippen molar-refractivity contribution < 1.29 is 9.18 Å². The Morgan fingerprint density at radius 3 is 2.50 bits per heavy atom. The molecule has 3 nitrogen and oxygen atoms in total. The van der Waals surface area contributed by atoms with Gasteiger partial charge in [0.25, 0.3) is 5.91 Å². The number of carbonyl (C=O) groups excluding carboxylic acids is 1. The van der Waals surface area contributed by atoms with Gasteiger partial charge in [-0.2, -0.15) is 0 Å². The fraction of sp³-hybridized carbons (Fsp3) is 0.235. The van der Waals surface area contributed by atoms with E-state index in [1.165, 1.54) is 12.1 Å². The van der Waals surface area contributed by atoms with Crippen LogP contribution in [0.25, 0.3) is 0 Å². The maximum Gasteiger partial charge on any atom is 0.251 e. The Bertz CT molecular complexity index is 643. The van der Waals surface area contributed by atoms with Crippen molar-refractivity contribution in [1.82, 2.24) is 10.2 Å². The molecule has 22 heavy (non-hydrogen) atoms. The first-order valence-corrected chi connectivity index (χ1v) is 7.31. The third-order valence-electron chi connectivity index (χ3n) is 3.42. The number of amides is 1. The molecular formula is C17H18ClFN2O. The molecule has 0 aliphatic rings. The number of rotatable bonds is 5. The van der Waals surface area contributed by atoms with Gasteiger partial charge in [0.05, 0.1) is 6.04 Å². The Hall–Kier alpha value is -1.91. The van der Waals surface area contributed by atoms with E-state index in [2.05, 4.69) is 5.32 Å². The Kier molecular flexibility index (Phi) is 5.52. The van der Waals surface area contributed by atoms with Gasteiger partial charge in [-0.25, -0.2) is 4.39 Å². The smallest absolute Gasteiger partial charge is 0.251 e. The lowest BCUT2D eigenvalue weighted by molar-refractivity contribution is 0.0942. The van der Waals surface area contributed by atoms with E-state index >= 15 is 0 Å². The van der Waals surface area contributed by atoms with Crippen LogP contribution in [0.15, 0.2) is 48.5 Å². The zero-order valence-corrected chi connectivity index (χ0v) is 13.3. The Morgan fingerprint density at radius 1 is 1.23 bits per heavy atom. The zero-order chi connectivity index (χ0) is 16.1. The van der Waals surface area contributed by atoms with E-state index in [1.807, 2.05) is 19.0 Å². The molecule has 0 aliphatic heterocycles. The lowest BCUT2D eigenvalue weighted by Crippen LogP contribution is -2.34. The molecule has 0 unspecified atom stereocenters. The summed E-state index contributed by atoms with van der Waals surface area (Å²) in [6.45, 7) is 0.421. The monoisotopic (exact) mass is 320 g/mol. The summed E-state index contributed by atoms with van der Waals surface area (Å²) < 4.78 is 13.0. The van der Waals surface area contributed by atoms with Crippen molar-refractivity contribution in [2.24, 2.45) is 0 Å². The second-order valence-electron chi connectivity index (χ2n) is 5.25. The van der Waals surface area contributed by atoms with Crippen molar-refractivity contribution >= 4 is 17.5 Å². The predicted octanol–water partition coefficient (Wildman–Crippen LogP) is 3.51. The normalized spacial score (nSPS) is 12.2. The maximum absolute atomic E-state index is 13.0. The van der Waals surface area contributed by atoms with Gasteiger partial charge < -0.3 is 10.2 Å². The highest BCUT2D eigenvalue weighted by Gasteiger charge is 2.16. The van der Waals surface area contributed by atoms with Crippen LogP contribution in [0.4, 0.5) is 4.39 Å². The largest absolute Gasteiger partial charge is 0.350 e. The van der Waals surface area contributed by atoms with E-state index in [1.54, 1.807) is 36.4 Å². The molecule has 0 bridgehead atoms. The number of nitrogens with one attached hydrogen (secondary N) is 1. The highest BCUT2D eigenvalue weighted by Crippen LogP contribution is 2.18. The first kappa shape index (κ1) is 16.5. The van der Waals surface area contributed by atoms with Crippen LogP contribution >= 0.6 is 11.6 Å². The van der Waals surface area contributed by atoms with E-state index in [0.29, 0.717) is 17.1 Å². The second-order valence-corrected chi connectivity index (χ2v) is 5.69. The molecule has 0 saturated heterocycles. The standard InChI is InChI=1S/C17H18ClFN2O/c1-21(2)16(12-6-8-15(19)9-7-12)11-20-17(22)13-4-3-5-14(18)10-13/h3-10,16H,11H2,1-2H3,(H,20,22)/t16-/m1/s1. The Morgan fingerprint density at radius 2 is 1.91 bits per heavy atom. The predicted molar refractivity (Wildman–Crippen MR) is 86.6 cm³/mol. The van der Waals surface area contributed by atoms with Crippen LogP contribution in [0.1, 0.15) is 22.0 Å². The molecule has 1 amide bonds.